The molecule has 11 nitrogen and oxygen atoms in total. The molecule has 3 N–H and O–H groups in total. The predicted octanol–water partition coefficient (Wildman–Crippen LogP) is 0.0506. The van der Waals surface area contributed by atoms with Crippen LogP contribution in [0.25, 0.3) is 0 Å². The predicted molar refractivity (Wildman–Crippen MR) is 108 cm³/mol. The molecular weight excluding hydrogens is 400 g/mol. The van der Waals surface area contributed by atoms with E-state index in [1.807, 2.05) is 6.92 Å². The molecule has 160 valence electrons. The molecule has 0 aromatic heterocycles. The highest BCUT2D eigenvalue weighted by Gasteiger charge is 2.18. The van der Waals surface area contributed by atoms with E-state index in [0.29, 0.717) is 12.5 Å². The molecule has 1 aliphatic heterocycles. The van der Waals surface area contributed by atoms with Gasteiger partial charge in [0.25, 0.3) is 5.69 Å². The van der Waals surface area contributed by atoms with E-state index in [1.54, 1.807) is 4.90 Å². The molecule has 2 rings (SSSR count). The number of rotatable bonds is 9. The molecule has 0 radical (unpaired) electrons. The fourth-order valence-corrected chi connectivity index (χ4v) is 3.84. The Kier molecular flexibility index (Phi) is 8.34. The maximum Gasteiger partial charge on any atom is 0.270 e. The number of aliphatic imine (C=N–C) groups is 1. The van der Waals surface area contributed by atoms with Crippen molar-refractivity contribution in [1.82, 2.24) is 20.3 Å². The van der Waals surface area contributed by atoms with Gasteiger partial charge >= 0.3 is 0 Å². The minimum Gasteiger partial charge on any atom is -0.357 e. The van der Waals surface area contributed by atoms with Gasteiger partial charge in [-0.3, -0.25) is 14.9 Å². The van der Waals surface area contributed by atoms with Crippen LogP contribution in [0.3, 0.4) is 0 Å². The van der Waals surface area contributed by atoms with E-state index in [-0.39, 0.29) is 36.1 Å². The van der Waals surface area contributed by atoms with Crippen molar-refractivity contribution in [2.24, 2.45) is 4.99 Å². The van der Waals surface area contributed by atoms with Gasteiger partial charge in [0.2, 0.25) is 15.9 Å². The van der Waals surface area contributed by atoms with Crippen LogP contribution in [-0.2, 0) is 14.8 Å². The molecule has 12 heteroatoms. The van der Waals surface area contributed by atoms with E-state index >= 15 is 0 Å². The molecule has 1 aromatic carbocycles. The number of hydrogen-bond acceptors (Lipinski definition) is 6. The van der Waals surface area contributed by atoms with Crippen molar-refractivity contribution >= 4 is 27.6 Å². The van der Waals surface area contributed by atoms with E-state index in [0.717, 1.165) is 32.0 Å². The van der Waals surface area contributed by atoms with Crippen LogP contribution in [-0.4, -0.2) is 69.4 Å². The molecule has 0 aliphatic carbocycles. The molecule has 0 unspecified atom stereocenters. The summed E-state index contributed by atoms with van der Waals surface area (Å²) in [5.74, 6) is 0.376. The molecule has 0 atom stereocenters. The Morgan fingerprint density at radius 2 is 1.97 bits per heavy atom. The molecule has 1 amide bonds. The van der Waals surface area contributed by atoms with Gasteiger partial charge in [0.05, 0.1) is 9.82 Å². The first-order valence-electron chi connectivity index (χ1n) is 9.37. The lowest BCUT2D eigenvalue weighted by atomic mass is 10.3. The Balaban J connectivity index is 1.85. The number of nitrogens with one attached hydrogen (secondary N) is 3. The number of carbonyl (C=O) groups excluding carboxylic acids is 1. The molecule has 1 saturated heterocycles. The molecule has 1 heterocycles. The standard InChI is InChI=1S/C17H26N6O5S/c1-2-18-17(20-13-16(24)22-10-3-4-11-22)19-8-9-21-29(27,28)15-7-5-6-14(12-15)23(25)26/h5-7,12,21H,2-4,8-11,13H2,1H3,(H2,18,19,20). The van der Waals surface area contributed by atoms with E-state index < -0.39 is 14.9 Å². The molecule has 1 aromatic rings. The van der Waals surface area contributed by atoms with Crippen LogP contribution in [0.5, 0.6) is 0 Å². The first-order valence-corrected chi connectivity index (χ1v) is 10.9. The van der Waals surface area contributed by atoms with E-state index in [4.69, 9.17) is 0 Å². The summed E-state index contributed by atoms with van der Waals surface area (Å²) in [5, 5.41) is 16.8. The molecule has 1 aliphatic rings. The van der Waals surface area contributed by atoms with Crippen LogP contribution >= 0.6 is 0 Å². The summed E-state index contributed by atoms with van der Waals surface area (Å²) in [6, 6.07) is 4.84. The molecule has 1 fully saturated rings. The van der Waals surface area contributed by atoms with Crippen LogP contribution in [0.2, 0.25) is 0 Å². The second-order valence-corrected chi connectivity index (χ2v) is 8.13. The third kappa shape index (κ3) is 6.98. The summed E-state index contributed by atoms with van der Waals surface area (Å²) in [4.78, 5) is 28.1. The average molecular weight is 426 g/mol. The quantitative estimate of drug-likeness (QED) is 0.166. The van der Waals surface area contributed by atoms with Crippen LogP contribution in [0.1, 0.15) is 19.8 Å². The molecule has 0 bridgehead atoms. The molecule has 29 heavy (non-hydrogen) atoms. The number of nitro groups is 1. The van der Waals surface area contributed by atoms with Crippen molar-refractivity contribution < 1.29 is 18.1 Å². The number of likely N-dealkylation sites (tertiary alicyclic amines) is 1. The van der Waals surface area contributed by atoms with Gasteiger partial charge in [-0.15, -0.1) is 0 Å². The van der Waals surface area contributed by atoms with E-state index in [9.17, 15) is 23.3 Å². The maximum atomic E-state index is 12.3. The van der Waals surface area contributed by atoms with E-state index in [2.05, 4.69) is 20.3 Å². The summed E-state index contributed by atoms with van der Waals surface area (Å²) in [5.41, 5.74) is -0.296. The first kappa shape index (κ1) is 22.6. The summed E-state index contributed by atoms with van der Waals surface area (Å²) < 4.78 is 26.9. The number of nitrogens with zero attached hydrogens (tertiary/aromatic N) is 3. The van der Waals surface area contributed by atoms with Crippen LogP contribution in [0.15, 0.2) is 34.2 Å². The summed E-state index contributed by atoms with van der Waals surface area (Å²) in [6.07, 6.45) is 2.02. The number of benzene rings is 1. The van der Waals surface area contributed by atoms with Gasteiger partial charge in [-0.05, 0) is 25.8 Å². The smallest absolute Gasteiger partial charge is 0.270 e. The number of guanidine groups is 1. The van der Waals surface area contributed by atoms with Gasteiger partial charge in [-0.1, -0.05) is 6.07 Å². The highest BCUT2D eigenvalue weighted by molar-refractivity contribution is 7.89. The van der Waals surface area contributed by atoms with Crippen LogP contribution < -0.4 is 15.4 Å². The summed E-state index contributed by atoms with van der Waals surface area (Å²) in [7, 11) is -3.88. The van der Waals surface area contributed by atoms with Crippen molar-refractivity contribution in [2.45, 2.75) is 24.7 Å². The van der Waals surface area contributed by atoms with Gasteiger partial charge in [-0.25, -0.2) is 18.1 Å². The molecule has 0 spiro atoms. The fourth-order valence-electron chi connectivity index (χ4n) is 2.77. The minimum absolute atomic E-state index is 0.0226. The Morgan fingerprint density at radius 1 is 1.24 bits per heavy atom. The van der Waals surface area contributed by atoms with Gasteiger partial charge in [0, 0.05) is 44.9 Å². The largest absolute Gasteiger partial charge is 0.357 e. The highest BCUT2D eigenvalue weighted by atomic mass is 32.2. The number of nitro benzene ring substituents is 1. The number of sulfonamides is 1. The lowest BCUT2D eigenvalue weighted by molar-refractivity contribution is -0.385. The lowest BCUT2D eigenvalue weighted by Gasteiger charge is -2.15. The minimum atomic E-state index is -3.88. The van der Waals surface area contributed by atoms with Crippen LogP contribution in [0, 0.1) is 10.1 Å². The SMILES string of the molecule is CCNC(=NCC(=O)N1CCCC1)NCCNS(=O)(=O)c1cccc([N+](=O)[O-])c1. The summed E-state index contributed by atoms with van der Waals surface area (Å²) in [6.45, 7) is 4.27. The Bertz CT molecular complexity index is 852. The maximum absolute atomic E-state index is 12.3. The lowest BCUT2D eigenvalue weighted by Crippen LogP contribution is -2.42. The van der Waals surface area contributed by atoms with Crippen molar-refractivity contribution in [1.29, 1.82) is 0 Å². The normalized spacial score (nSPS) is 14.7. The number of non-ortho nitro benzene ring substituents is 1. The first-order chi connectivity index (χ1) is 13.8. The van der Waals surface area contributed by atoms with Crippen LogP contribution in [0.4, 0.5) is 5.69 Å². The number of hydrogen-bond donors (Lipinski definition) is 3. The fraction of sp³-hybridized carbons (Fsp3) is 0.529. The Hall–Kier alpha value is -2.73. The van der Waals surface area contributed by atoms with Gasteiger partial charge in [-0.2, -0.15) is 0 Å². The van der Waals surface area contributed by atoms with Crippen molar-refractivity contribution in [3.63, 3.8) is 0 Å². The van der Waals surface area contributed by atoms with Gasteiger partial charge < -0.3 is 15.5 Å². The zero-order valence-electron chi connectivity index (χ0n) is 16.3. The highest BCUT2D eigenvalue weighted by Crippen LogP contribution is 2.16. The topological polar surface area (TPSA) is 146 Å². The number of carbonyl (C=O) groups is 1. The third-order valence-electron chi connectivity index (χ3n) is 4.22. The second kappa shape index (κ2) is 10.7. The average Bonchev–Trinajstić information content (AvgIpc) is 3.24. The summed E-state index contributed by atoms with van der Waals surface area (Å²) >= 11 is 0. The van der Waals surface area contributed by atoms with E-state index in [1.165, 1.54) is 18.2 Å². The monoisotopic (exact) mass is 426 g/mol. The molecular formula is C17H26N6O5S. The molecule has 0 saturated carbocycles. The zero-order valence-corrected chi connectivity index (χ0v) is 17.1. The number of amides is 1. The second-order valence-electron chi connectivity index (χ2n) is 6.36. The van der Waals surface area contributed by atoms with Crippen molar-refractivity contribution in [2.75, 3.05) is 39.3 Å². The van der Waals surface area contributed by atoms with Gasteiger partial charge in [0.15, 0.2) is 5.96 Å². The van der Waals surface area contributed by atoms with Gasteiger partial charge in [0.1, 0.15) is 6.54 Å². The third-order valence-corrected chi connectivity index (χ3v) is 5.68. The van der Waals surface area contributed by atoms with Crippen molar-refractivity contribution in [3.05, 3.63) is 34.4 Å². The Labute approximate surface area is 169 Å². The zero-order chi connectivity index (χ0) is 21.3. The Morgan fingerprint density at radius 3 is 2.62 bits per heavy atom. The van der Waals surface area contributed by atoms with Crippen molar-refractivity contribution in [3.8, 4) is 0 Å².